The van der Waals surface area contributed by atoms with Crippen molar-refractivity contribution in [3.8, 4) is 0 Å². The van der Waals surface area contributed by atoms with Gasteiger partial charge in [-0.3, -0.25) is 0 Å². The molecule has 8 heteroatoms. The van der Waals surface area contributed by atoms with Crippen molar-refractivity contribution in [2.24, 2.45) is 11.5 Å². The van der Waals surface area contributed by atoms with E-state index in [-0.39, 0.29) is 65.2 Å². The van der Waals surface area contributed by atoms with E-state index in [0.717, 1.165) is 0 Å². The Morgan fingerprint density at radius 2 is 1.00 bits per heavy atom. The van der Waals surface area contributed by atoms with Gasteiger partial charge >= 0.3 is 17.4 Å². The molecule has 0 saturated heterocycles. The molecule has 0 unspecified atom stereocenters. The van der Waals surface area contributed by atoms with Gasteiger partial charge in [0.1, 0.15) is 0 Å². The molecule has 0 amide bonds. The summed E-state index contributed by atoms with van der Waals surface area (Å²) in [4.78, 5) is 0. The summed E-state index contributed by atoms with van der Waals surface area (Å²) in [5.74, 6) is 0. The molecule has 0 aliphatic rings. The first-order valence-electron chi connectivity index (χ1n) is 0.781. The van der Waals surface area contributed by atoms with Crippen LogP contribution in [0.4, 0.5) is 0 Å². The summed E-state index contributed by atoms with van der Waals surface area (Å²) in [7, 11) is 0. The average molecular weight is 227 g/mol. The maximum Gasteiger partial charge on any atom is 3.00 e. The molecule has 9 heavy (non-hydrogen) atoms. The monoisotopic (exact) mass is 226 g/mol. The van der Waals surface area contributed by atoms with Crippen LogP contribution in [-0.4, -0.2) is 27.9 Å². The van der Waals surface area contributed by atoms with E-state index in [1.54, 1.807) is 0 Å². The molecule has 0 bridgehead atoms. The van der Waals surface area contributed by atoms with Crippen molar-refractivity contribution in [1.82, 2.24) is 0 Å². The molecule has 0 spiro atoms. The molecule has 0 aromatic carbocycles. The third kappa shape index (κ3) is 406. The molecule has 0 rings (SSSR count). The SMILES string of the molecule is NC(N)=S.O.[Al+3].[Cl-].[Cl-].[Cl-]. The summed E-state index contributed by atoms with van der Waals surface area (Å²) < 4.78 is 0. The van der Waals surface area contributed by atoms with E-state index in [4.69, 9.17) is 0 Å². The van der Waals surface area contributed by atoms with Gasteiger partial charge in [0.25, 0.3) is 0 Å². The van der Waals surface area contributed by atoms with E-state index in [1.165, 1.54) is 0 Å². The van der Waals surface area contributed by atoms with Crippen LogP contribution in [0.25, 0.3) is 0 Å². The van der Waals surface area contributed by atoms with Gasteiger partial charge in [0, 0.05) is 0 Å². The van der Waals surface area contributed by atoms with E-state index >= 15 is 0 Å². The minimum absolute atomic E-state index is 0. The standard InChI is InChI=1S/CH4N2S.Al.3ClH.H2O/c2-1(3)4;;;;;/h(H4,2,3,4);;3*1H;1H2/q;+3;;;;/p-3. The van der Waals surface area contributed by atoms with Gasteiger partial charge in [0.2, 0.25) is 0 Å². The van der Waals surface area contributed by atoms with E-state index < -0.39 is 0 Å². The molecule has 0 aromatic heterocycles. The van der Waals surface area contributed by atoms with Crippen LogP contribution in [0.3, 0.4) is 0 Å². The number of thiocarbonyl (C=S) groups is 1. The van der Waals surface area contributed by atoms with Crippen molar-refractivity contribution in [2.45, 2.75) is 0 Å². The van der Waals surface area contributed by atoms with Crippen LogP contribution in [-0.2, 0) is 0 Å². The smallest absolute Gasteiger partial charge is 1.00 e. The second-order valence-corrected chi connectivity index (χ2v) is 0.874. The largest absolute Gasteiger partial charge is 3.00 e. The van der Waals surface area contributed by atoms with E-state index in [2.05, 4.69) is 23.7 Å². The number of halogens is 3. The van der Waals surface area contributed by atoms with Crippen molar-refractivity contribution >= 4 is 34.7 Å². The number of hydrogen-bond acceptors (Lipinski definition) is 1. The van der Waals surface area contributed by atoms with Gasteiger partial charge in [0.05, 0.1) is 0 Å². The van der Waals surface area contributed by atoms with Crippen molar-refractivity contribution in [1.29, 1.82) is 0 Å². The first-order valence-corrected chi connectivity index (χ1v) is 1.19. The third-order valence-electron chi connectivity index (χ3n) is 0. The van der Waals surface area contributed by atoms with Gasteiger partial charge in [-0.25, -0.2) is 0 Å². The molecule has 0 fully saturated rings. The van der Waals surface area contributed by atoms with Crippen molar-refractivity contribution in [3.63, 3.8) is 0 Å². The molecular formula is CH6AlCl3N2OS. The Morgan fingerprint density at radius 3 is 1.00 bits per heavy atom. The molecule has 3 nitrogen and oxygen atoms in total. The van der Waals surface area contributed by atoms with E-state index in [1.807, 2.05) is 0 Å². The molecule has 0 saturated carbocycles. The van der Waals surface area contributed by atoms with Gasteiger partial charge < -0.3 is 54.2 Å². The molecule has 6 N–H and O–H groups in total. The summed E-state index contributed by atoms with van der Waals surface area (Å²) in [6, 6.07) is 0. The number of rotatable bonds is 0. The van der Waals surface area contributed by atoms with Crippen LogP contribution < -0.4 is 48.7 Å². The quantitative estimate of drug-likeness (QED) is 0.318. The van der Waals surface area contributed by atoms with Gasteiger partial charge in [-0.15, -0.1) is 0 Å². The van der Waals surface area contributed by atoms with E-state index in [0.29, 0.717) is 0 Å². The molecule has 56 valence electrons. The Hall–Kier alpha value is 1.05. The number of nitrogens with two attached hydrogens (primary N) is 2. The maximum atomic E-state index is 4.62. The van der Waals surface area contributed by atoms with Crippen molar-refractivity contribution in [3.05, 3.63) is 0 Å². The predicted octanol–water partition coefficient (Wildman–Crippen LogP) is -11.0. The Bertz CT molecular complexity index is 44.8. The van der Waals surface area contributed by atoms with Crippen molar-refractivity contribution in [2.75, 3.05) is 0 Å². The van der Waals surface area contributed by atoms with Gasteiger partial charge in [-0.1, -0.05) is 0 Å². The molecule has 0 heterocycles. The topological polar surface area (TPSA) is 83.5 Å². The fraction of sp³-hybridized carbons (Fsp3) is 0. The fourth-order valence-corrected chi connectivity index (χ4v) is 0. The molecule has 0 atom stereocenters. The molecule has 0 aliphatic heterocycles. The van der Waals surface area contributed by atoms with Crippen LogP contribution in [0.2, 0.25) is 0 Å². The summed E-state index contributed by atoms with van der Waals surface area (Å²) in [6.07, 6.45) is 0. The Labute approximate surface area is 88.6 Å². The Kier molecular flexibility index (Phi) is 199. The minimum atomic E-state index is 0. The average Bonchev–Trinajstić information content (AvgIpc) is 0.811. The fourth-order valence-electron chi connectivity index (χ4n) is 0. The summed E-state index contributed by atoms with van der Waals surface area (Å²) in [6.45, 7) is 0. The second kappa shape index (κ2) is 35.7. The molecule has 0 aliphatic carbocycles. The molecule has 0 radical (unpaired) electrons. The Morgan fingerprint density at radius 1 is 1.00 bits per heavy atom. The van der Waals surface area contributed by atoms with E-state index in [9.17, 15) is 0 Å². The third-order valence-corrected chi connectivity index (χ3v) is 0. The zero-order valence-corrected chi connectivity index (χ0v) is 8.51. The predicted molar refractivity (Wildman–Crippen MR) is 30.3 cm³/mol. The summed E-state index contributed by atoms with van der Waals surface area (Å²) in [5, 5.41) is 0.000000000000000222. The zero-order valence-electron chi connectivity index (χ0n) is 4.27. The van der Waals surface area contributed by atoms with Crippen LogP contribution in [0.5, 0.6) is 0 Å². The van der Waals surface area contributed by atoms with Crippen molar-refractivity contribution < 1.29 is 42.7 Å². The minimum Gasteiger partial charge on any atom is -1.00 e. The summed E-state index contributed by atoms with van der Waals surface area (Å²) in [5.41, 5.74) is 9.24. The van der Waals surface area contributed by atoms with Crippen LogP contribution in [0.15, 0.2) is 0 Å². The maximum absolute atomic E-state index is 4.62. The molecular weight excluding hydrogens is 221 g/mol. The zero-order chi connectivity index (χ0) is 3.58. The van der Waals surface area contributed by atoms with Gasteiger partial charge in [-0.2, -0.15) is 0 Å². The Balaban J connectivity index is -0.00000000450. The first kappa shape index (κ1) is 50.2. The first-order chi connectivity index (χ1) is 1.73. The van der Waals surface area contributed by atoms with Crippen LogP contribution in [0, 0.1) is 0 Å². The van der Waals surface area contributed by atoms with Crippen LogP contribution in [0.1, 0.15) is 0 Å². The normalized spacial score (nSPS) is 2.67. The summed E-state index contributed by atoms with van der Waals surface area (Å²) >= 11 is 4.09. The van der Waals surface area contributed by atoms with Gasteiger partial charge in [-0.05, 0) is 12.2 Å². The molecule has 0 aromatic rings. The van der Waals surface area contributed by atoms with Gasteiger partial charge in [0.15, 0.2) is 5.11 Å². The number of hydrogen-bond donors (Lipinski definition) is 2. The van der Waals surface area contributed by atoms with Crippen LogP contribution >= 0.6 is 12.2 Å². The second-order valence-electron chi connectivity index (χ2n) is 0.402.